The fourth-order valence-corrected chi connectivity index (χ4v) is 2.26. The van der Waals surface area contributed by atoms with Crippen LogP contribution in [0.2, 0.25) is 0 Å². The number of aromatic nitrogens is 2. The minimum atomic E-state index is 0.547. The van der Waals surface area contributed by atoms with E-state index in [9.17, 15) is 0 Å². The van der Waals surface area contributed by atoms with Crippen LogP contribution in [0.5, 0.6) is 0 Å². The minimum Gasteiger partial charge on any atom is -0.365 e. The lowest BCUT2D eigenvalue weighted by molar-refractivity contribution is 0.865. The second-order valence-corrected chi connectivity index (χ2v) is 5.57. The smallest absolute Gasteiger partial charge is 0.159 e. The molecule has 1 aromatic carbocycles. The van der Waals surface area contributed by atoms with E-state index in [1.165, 1.54) is 17.5 Å². The molecule has 2 aromatic rings. The molecule has 0 aliphatic heterocycles. The lowest BCUT2D eigenvalue weighted by Crippen LogP contribution is -2.11. The molecule has 6 heteroatoms. The van der Waals surface area contributed by atoms with Crippen molar-refractivity contribution in [1.82, 2.24) is 9.97 Å². The molecule has 0 saturated carbocycles. The summed E-state index contributed by atoms with van der Waals surface area (Å²) in [6.45, 7) is 5.07. The molecule has 0 fully saturated rings. The van der Waals surface area contributed by atoms with Crippen molar-refractivity contribution in [2.24, 2.45) is 5.84 Å². The summed E-state index contributed by atoms with van der Waals surface area (Å²) >= 11 is 3.42. The van der Waals surface area contributed by atoms with E-state index in [0.29, 0.717) is 24.1 Å². The van der Waals surface area contributed by atoms with Gasteiger partial charge in [-0.25, -0.2) is 15.8 Å². The molecule has 4 N–H and O–H groups in total. The number of nitrogen functional groups attached to an aromatic ring is 1. The van der Waals surface area contributed by atoms with Gasteiger partial charge in [-0.05, 0) is 33.0 Å². The van der Waals surface area contributed by atoms with Gasteiger partial charge in [-0.15, -0.1) is 0 Å². The number of nitrogens with zero attached hydrogens (tertiary/aromatic N) is 2. The Kier molecular flexibility index (Phi) is 4.92. The molecule has 0 amide bonds. The number of benzene rings is 1. The largest absolute Gasteiger partial charge is 0.365 e. The first-order valence-corrected chi connectivity index (χ1v) is 7.21. The Bertz CT molecular complexity index is 568. The van der Waals surface area contributed by atoms with Gasteiger partial charge in [0.1, 0.15) is 16.6 Å². The fraction of sp³-hybridized carbons (Fsp3) is 0.286. The normalized spacial score (nSPS) is 10.7. The van der Waals surface area contributed by atoms with Crippen LogP contribution < -0.4 is 16.6 Å². The molecular weight excluding hydrogens is 318 g/mol. The number of nitrogens with two attached hydrogens (primary N) is 1. The lowest BCUT2D eigenvalue weighted by atomic mass is 10.0. The van der Waals surface area contributed by atoms with Crippen LogP contribution >= 0.6 is 15.9 Å². The Morgan fingerprint density at radius 2 is 1.80 bits per heavy atom. The number of hydrazine groups is 1. The van der Waals surface area contributed by atoms with E-state index in [0.717, 1.165) is 4.47 Å². The Labute approximate surface area is 127 Å². The summed E-state index contributed by atoms with van der Waals surface area (Å²) in [5.41, 5.74) is 5.05. The quantitative estimate of drug-likeness (QED) is 0.577. The molecule has 0 aliphatic carbocycles. The topological polar surface area (TPSA) is 75.9 Å². The van der Waals surface area contributed by atoms with Crippen LogP contribution in [0, 0.1) is 0 Å². The van der Waals surface area contributed by atoms with Crippen LogP contribution in [0.25, 0.3) is 0 Å². The summed E-state index contributed by atoms with van der Waals surface area (Å²) in [5.74, 6) is 7.18. The van der Waals surface area contributed by atoms with Crippen molar-refractivity contribution in [2.45, 2.75) is 26.3 Å². The average Bonchev–Trinajstić information content (AvgIpc) is 2.46. The summed E-state index contributed by atoms with van der Waals surface area (Å²) in [4.78, 5) is 8.19. The molecule has 5 nitrogen and oxygen atoms in total. The van der Waals surface area contributed by atoms with Gasteiger partial charge in [0.05, 0.1) is 0 Å². The highest BCUT2D eigenvalue weighted by Crippen LogP contribution is 2.26. The van der Waals surface area contributed by atoms with Crippen LogP contribution in [0.4, 0.5) is 11.6 Å². The molecule has 0 bridgehead atoms. The van der Waals surface area contributed by atoms with Gasteiger partial charge in [0.25, 0.3) is 0 Å². The molecule has 1 aromatic heterocycles. The van der Waals surface area contributed by atoms with E-state index >= 15 is 0 Å². The lowest BCUT2D eigenvalue weighted by Gasteiger charge is -2.11. The molecule has 0 aliphatic rings. The Hall–Kier alpha value is -1.66. The van der Waals surface area contributed by atoms with Gasteiger partial charge in [0, 0.05) is 6.54 Å². The van der Waals surface area contributed by atoms with Crippen molar-refractivity contribution >= 4 is 27.6 Å². The highest BCUT2D eigenvalue weighted by molar-refractivity contribution is 9.10. The van der Waals surface area contributed by atoms with Gasteiger partial charge in [0.15, 0.2) is 5.82 Å². The summed E-state index contributed by atoms with van der Waals surface area (Å²) < 4.78 is 0.723. The first kappa shape index (κ1) is 14.7. The van der Waals surface area contributed by atoms with Gasteiger partial charge in [-0.1, -0.05) is 38.1 Å². The molecule has 2 rings (SSSR count). The molecular formula is C14H18BrN5. The van der Waals surface area contributed by atoms with Crippen molar-refractivity contribution in [2.75, 3.05) is 10.7 Å². The Balaban J connectivity index is 2.05. The van der Waals surface area contributed by atoms with Crippen molar-refractivity contribution in [1.29, 1.82) is 0 Å². The second-order valence-electron chi connectivity index (χ2n) is 4.78. The predicted octanol–water partition coefficient (Wildman–Crippen LogP) is 3.26. The molecule has 0 radical (unpaired) electrons. The average molecular weight is 336 g/mol. The molecule has 1 heterocycles. The van der Waals surface area contributed by atoms with E-state index in [2.05, 4.69) is 74.8 Å². The van der Waals surface area contributed by atoms with Crippen molar-refractivity contribution < 1.29 is 0 Å². The molecule has 0 spiro atoms. The van der Waals surface area contributed by atoms with Gasteiger partial charge in [0.2, 0.25) is 0 Å². The molecule has 0 atom stereocenters. The Morgan fingerprint density at radius 3 is 2.40 bits per heavy atom. The highest BCUT2D eigenvalue weighted by atomic mass is 79.9. The van der Waals surface area contributed by atoms with E-state index in [1.807, 2.05) is 0 Å². The zero-order chi connectivity index (χ0) is 14.5. The predicted molar refractivity (Wildman–Crippen MR) is 85.4 cm³/mol. The molecule has 106 valence electrons. The van der Waals surface area contributed by atoms with Gasteiger partial charge < -0.3 is 10.7 Å². The maximum Gasteiger partial charge on any atom is 0.159 e. The number of anilines is 2. The summed E-state index contributed by atoms with van der Waals surface area (Å²) in [6, 6.07) is 8.56. The van der Waals surface area contributed by atoms with Crippen LogP contribution in [-0.4, -0.2) is 9.97 Å². The van der Waals surface area contributed by atoms with Crippen LogP contribution in [0.1, 0.15) is 30.9 Å². The summed E-state index contributed by atoms with van der Waals surface area (Å²) in [7, 11) is 0. The van der Waals surface area contributed by atoms with Crippen LogP contribution in [-0.2, 0) is 6.54 Å². The summed E-state index contributed by atoms with van der Waals surface area (Å²) in [5, 5.41) is 3.26. The first-order valence-electron chi connectivity index (χ1n) is 6.41. The number of nitrogens with one attached hydrogen (secondary N) is 2. The molecule has 0 unspecified atom stereocenters. The monoisotopic (exact) mass is 335 g/mol. The standard InChI is InChI=1S/C14H18BrN5/c1-9(2)11-5-3-10(4-6-11)7-17-13-12(15)14(20-16)19-8-18-13/h3-6,8-9H,7,16H2,1-2H3,(H2,17,18,19,20). The van der Waals surface area contributed by atoms with E-state index < -0.39 is 0 Å². The van der Waals surface area contributed by atoms with Gasteiger partial charge in [-0.3, -0.25) is 0 Å². The minimum absolute atomic E-state index is 0.547. The molecule has 20 heavy (non-hydrogen) atoms. The zero-order valence-corrected chi connectivity index (χ0v) is 13.1. The fourth-order valence-electron chi connectivity index (χ4n) is 1.80. The third-order valence-electron chi connectivity index (χ3n) is 3.03. The van der Waals surface area contributed by atoms with E-state index in [1.54, 1.807) is 0 Å². The van der Waals surface area contributed by atoms with Crippen molar-refractivity contribution in [3.05, 3.63) is 46.2 Å². The first-order chi connectivity index (χ1) is 9.61. The van der Waals surface area contributed by atoms with Crippen molar-refractivity contribution in [3.63, 3.8) is 0 Å². The van der Waals surface area contributed by atoms with Crippen LogP contribution in [0.15, 0.2) is 35.1 Å². The van der Waals surface area contributed by atoms with Crippen molar-refractivity contribution in [3.8, 4) is 0 Å². The molecule has 0 saturated heterocycles. The highest BCUT2D eigenvalue weighted by Gasteiger charge is 2.07. The number of rotatable bonds is 5. The number of hydrogen-bond donors (Lipinski definition) is 3. The van der Waals surface area contributed by atoms with Crippen LogP contribution in [0.3, 0.4) is 0 Å². The number of hydrogen-bond acceptors (Lipinski definition) is 5. The third kappa shape index (κ3) is 3.46. The number of halogens is 1. The third-order valence-corrected chi connectivity index (χ3v) is 3.78. The second kappa shape index (κ2) is 6.67. The Morgan fingerprint density at radius 1 is 1.15 bits per heavy atom. The maximum atomic E-state index is 5.37. The maximum absolute atomic E-state index is 5.37. The van der Waals surface area contributed by atoms with Gasteiger partial charge in [-0.2, -0.15) is 0 Å². The van der Waals surface area contributed by atoms with E-state index in [4.69, 9.17) is 5.84 Å². The zero-order valence-electron chi connectivity index (χ0n) is 11.5. The van der Waals surface area contributed by atoms with Gasteiger partial charge >= 0.3 is 0 Å². The van der Waals surface area contributed by atoms with E-state index in [-0.39, 0.29) is 0 Å². The SMILES string of the molecule is CC(C)c1ccc(CNc2ncnc(NN)c2Br)cc1. The summed E-state index contributed by atoms with van der Waals surface area (Å²) in [6.07, 6.45) is 1.46.